The van der Waals surface area contributed by atoms with Gasteiger partial charge in [0.15, 0.2) is 0 Å². The average molecular weight is 257 g/mol. The van der Waals surface area contributed by atoms with E-state index in [-0.39, 0.29) is 5.75 Å². The van der Waals surface area contributed by atoms with E-state index in [0.717, 1.165) is 22.8 Å². The fraction of sp³-hybridized carbons (Fsp3) is 0.533. The van der Waals surface area contributed by atoms with Crippen LogP contribution in [0.3, 0.4) is 0 Å². The summed E-state index contributed by atoms with van der Waals surface area (Å²) in [6, 6.07) is 6.33. The highest BCUT2D eigenvalue weighted by atomic mass is 16.3. The van der Waals surface area contributed by atoms with Gasteiger partial charge in [0.05, 0.1) is 17.1 Å². The second-order valence-electron chi connectivity index (χ2n) is 5.93. The van der Waals surface area contributed by atoms with E-state index in [2.05, 4.69) is 15.3 Å². The highest BCUT2D eigenvalue weighted by molar-refractivity contribution is 5.76. The monoisotopic (exact) mass is 257 g/mol. The Morgan fingerprint density at radius 3 is 3.00 bits per heavy atom. The van der Waals surface area contributed by atoms with Crippen LogP contribution in [0, 0.1) is 5.92 Å². The number of phenolic OH excluding ortho intramolecular Hbond substituents is 1. The molecule has 1 aromatic carbocycles. The van der Waals surface area contributed by atoms with Crippen molar-refractivity contribution < 1.29 is 5.11 Å². The third-order valence-corrected chi connectivity index (χ3v) is 4.68. The molecule has 0 amide bonds. The number of benzene rings is 1. The van der Waals surface area contributed by atoms with Crippen LogP contribution in [-0.2, 0) is 0 Å². The number of fused-ring (bicyclic) bond motifs is 2. The molecule has 4 heteroatoms. The van der Waals surface area contributed by atoms with Gasteiger partial charge in [-0.15, -0.1) is 0 Å². The molecule has 2 heterocycles. The number of nitrogens with zero attached hydrogens (tertiary/aromatic N) is 1. The number of aromatic amines is 1. The first-order chi connectivity index (χ1) is 9.29. The predicted octanol–water partition coefficient (Wildman–Crippen LogP) is 2.86. The average Bonchev–Trinajstić information content (AvgIpc) is 3.00. The van der Waals surface area contributed by atoms with E-state index in [0.29, 0.717) is 12.1 Å². The summed E-state index contributed by atoms with van der Waals surface area (Å²) in [7, 11) is 0. The summed E-state index contributed by atoms with van der Waals surface area (Å²) in [6.45, 7) is 0. The third-order valence-electron chi connectivity index (χ3n) is 4.68. The van der Waals surface area contributed by atoms with Crippen molar-refractivity contribution in [1.82, 2.24) is 15.3 Å². The summed E-state index contributed by atoms with van der Waals surface area (Å²) in [5.74, 6) is 2.13. The SMILES string of the molecule is Oc1ccc2nc(C3CC4CCCCC4N3)[nH]c2c1. The van der Waals surface area contributed by atoms with E-state index >= 15 is 0 Å². The summed E-state index contributed by atoms with van der Waals surface area (Å²) < 4.78 is 0. The molecule has 3 atom stereocenters. The van der Waals surface area contributed by atoms with Crippen LogP contribution in [0.5, 0.6) is 5.75 Å². The summed E-state index contributed by atoms with van der Waals surface area (Å²) >= 11 is 0. The van der Waals surface area contributed by atoms with Gasteiger partial charge in [-0.25, -0.2) is 4.98 Å². The number of nitrogens with one attached hydrogen (secondary N) is 2. The van der Waals surface area contributed by atoms with Crippen molar-refractivity contribution in [1.29, 1.82) is 0 Å². The Balaban J connectivity index is 1.64. The quantitative estimate of drug-likeness (QED) is 0.736. The number of imidazole rings is 1. The molecule has 1 saturated heterocycles. The minimum absolute atomic E-state index is 0.288. The van der Waals surface area contributed by atoms with Gasteiger partial charge < -0.3 is 15.4 Å². The van der Waals surface area contributed by atoms with Crippen LogP contribution in [0.15, 0.2) is 18.2 Å². The van der Waals surface area contributed by atoms with E-state index < -0.39 is 0 Å². The lowest BCUT2D eigenvalue weighted by atomic mass is 9.85. The van der Waals surface area contributed by atoms with Crippen molar-refractivity contribution in [2.24, 2.45) is 5.92 Å². The highest BCUT2D eigenvalue weighted by Crippen LogP contribution is 2.38. The summed E-state index contributed by atoms with van der Waals surface area (Å²) in [6.07, 6.45) is 6.59. The molecule has 2 aromatic rings. The van der Waals surface area contributed by atoms with Gasteiger partial charge in [-0.05, 0) is 37.3 Å². The van der Waals surface area contributed by atoms with Crippen LogP contribution < -0.4 is 5.32 Å². The fourth-order valence-corrected chi connectivity index (χ4v) is 3.71. The number of aromatic hydroxyl groups is 1. The van der Waals surface area contributed by atoms with Crippen molar-refractivity contribution in [3.63, 3.8) is 0 Å². The maximum absolute atomic E-state index is 9.51. The maximum atomic E-state index is 9.51. The lowest BCUT2D eigenvalue weighted by Crippen LogP contribution is -2.30. The first-order valence-electron chi connectivity index (χ1n) is 7.24. The standard InChI is InChI=1S/C15H19N3O/c19-10-5-6-12-13(8-10)18-15(17-12)14-7-9-3-1-2-4-11(9)16-14/h5-6,8-9,11,14,16,19H,1-4,7H2,(H,17,18). The molecule has 3 unspecified atom stereocenters. The van der Waals surface area contributed by atoms with Gasteiger partial charge in [0.25, 0.3) is 0 Å². The van der Waals surface area contributed by atoms with E-state index in [1.54, 1.807) is 12.1 Å². The molecule has 3 N–H and O–H groups in total. The van der Waals surface area contributed by atoms with Crippen molar-refractivity contribution in [3.05, 3.63) is 24.0 Å². The summed E-state index contributed by atoms with van der Waals surface area (Å²) in [5.41, 5.74) is 1.86. The van der Waals surface area contributed by atoms with Gasteiger partial charge in [-0.1, -0.05) is 12.8 Å². The fourth-order valence-electron chi connectivity index (χ4n) is 3.71. The lowest BCUT2D eigenvalue weighted by Gasteiger charge is -2.24. The maximum Gasteiger partial charge on any atom is 0.124 e. The zero-order valence-corrected chi connectivity index (χ0v) is 10.9. The lowest BCUT2D eigenvalue weighted by molar-refractivity contribution is 0.325. The third kappa shape index (κ3) is 1.91. The molecule has 2 fully saturated rings. The normalized spacial score (nSPS) is 30.6. The van der Waals surface area contributed by atoms with Crippen molar-refractivity contribution in [2.45, 2.75) is 44.2 Å². The molecule has 1 aliphatic heterocycles. The number of H-pyrrole nitrogens is 1. The number of hydrogen-bond donors (Lipinski definition) is 3. The molecular formula is C15H19N3O. The van der Waals surface area contributed by atoms with Crippen molar-refractivity contribution in [2.75, 3.05) is 0 Å². The van der Waals surface area contributed by atoms with E-state index in [1.165, 1.54) is 32.1 Å². The predicted molar refractivity (Wildman–Crippen MR) is 74.0 cm³/mol. The molecule has 0 radical (unpaired) electrons. The van der Waals surface area contributed by atoms with Crippen LogP contribution in [0.4, 0.5) is 0 Å². The summed E-state index contributed by atoms with van der Waals surface area (Å²) in [5, 5.41) is 13.2. The second kappa shape index (κ2) is 4.23. The Morgan fingerprint density at radius 1 is 1.21 bits per heavy atom. The zero-order chi connectivity index (χ0) is 12.8. The van der Waals surface area contributed by atoms with E-state index in [1.807, 2.05) is 6.07 Å². The molecule has 4 nitrogen and oxygen atoms in total. The largest absolute Gasteiger partial charge is 0.508 e. The van der Waals surface area contributed by atoms with Crippen LogP contribution in [-0.4, -0.2) is 21.1 Å². The van der Waals surface area contributed by atoms with Gasteiger partial charge in [0.2, 0.25) is 0 Å². The highest BCUT2D eigenvalue weighted by Gasteiger charge is 2.36. The topological polar surface area (TPSA) is 60.9 Å². The minimum Gasteiger partial charge on any atom is -0.508 e. The van der Waals surface area contributed by atoms with E-state index in [9.17, 15) is 5.11 Å². The molecule has 0 spiro atoms. The molecule has 4 rings (SSSR count). The minimum atomic E-state index is 0.288. The molecule has 1 saturated carbocycles. The number of hydrogen-bond acceptors (Lipinski definition) is 3. The Kier molecular flexibility index (Phi) is 2.52. The van der Waals surface area contributed by atoms with Crippen LogP contribution >= 0.6 is 0 Å². The molecule has 1 aliphatic carbocycles. The van der Waals surface area contributed by atoms with Crippen LogP contribution in [0.1, 0.15) is 44.0 Å². The Hall–Kier alpha value is -1.55. The Morgan fingerprint density at radius 2 is 2.11 bits per heavy atom. The van der Waals surface area contributed by atoms with Crippen LogP contribution in [0.25, 0.3) is 11.0 Å². The zero-order valence-electron chi connectivity index (χ0n) is 10.9. The van der Waals surface area contributed by atoms with Gasteiger partial charge in [-0.2, -0.15) is 0 Å². The number of rotatable bonds is 1. The van der Waals surface area contributed by atoms with Gasteiger partial charge in [-0.3, -0.25) is 0 Å². The van der Waals surface area contributed by atoms with E-state index in [4.69, 9.17) is 0 Å². The molecule has 19 heavy (non-hydrogen) atoms. The van der Waals surface area contributed by atoms with Gasteiger partial charge in [0.1, 0.15) is 11.6 Å². The number of phenols is 1. The van der Waals surface area contributed by atoms with Crippen LogP contribution in [0.2, 0.25) is 0 Å². The Bertz CT molecular complexity index is 592. The first kappa shape index (κ1) is 11.3. The summed E-state index contributed by atoms with van der Waals surface area (Å²) in [4.78, 5) is 8.02. The molecule has 0 bridgehead atoms. The first-order valence-corrected chi connectivity index (χ1v) is 7.24. The van der Waals surface area contributed by atoms with Gasteiger partial charge in [0, 0.05) is 12.1 Å². The smallest absolute Gasteiger partial charge is 0.124 e. The van der Waals surface area contributed by atoms with Crippen molar-refractivity contribution >= 4 is 11.0 Å². The van der Waals surface area contributed by atoms with Gasteiger partial charge >= 0.3 is 0 Å². The Labute approximate surface area is 112 Å². The van der Waals surface area contributed by atoms with Crippen molar-refractivity contribution in [3.8, 4) is 5.75 Å². The molecule has 1 aromatic heterocycles. The molecule has 2 aliphatic rings. The molecule has 100 valence electrons. The molecular weight excluding hydrogens is 238 g/mol. The second-order valence-corrected chi connectivity index (χ2v) is 5.93. The number of aromatic nitrogens is 2.